The monoisotopic (exact) mass is 575 g/mol. The van der Waals surface area contributed by atoms with Crippen LogP contribution in [0.3, 0.4) is 0 Å². The summed E-state index contributed by atoms with van der Waals surface area (Å²) in [4.78, 5) is 25.4. The predicted octanol–water partition coefficient (Wildman–Crippen LogP) is 5.86. The molecule has 9 nitrogen and oxygen atoms in total. The summed E-state index contributed by atoms with van der Waals surface area (Å²) in [6.45, 7) is 0.200. The minimum absolute atomic E-state index is 0.0741. The van der Waals surface area contributed by atoms with Crippen LogP contribution in [-0.2, 0) is 6.42 Å². The lowest BCUT2D eigenvalue weighted by atomic mass is 10.1. The van der Waals surface area contributed by atoms with Crippen molar-refractivity contribution in [3.8, 4) is 23.1 Å². The van der Waals surface area contributed by atoms with Crippen molar-refractivity contribution in [2.45, 2.75) is 6.42 Å². The lowest BCUT2D eigenvalue weighted by Crippen LogP contribution is -2.26. The van der Waals surface area contributed by atoms with E-state index >= 15 is 4.39 Å². The average molecular weight is 576 g/mol. The minimum Gasteiger partial charge on any atom is -0.477 e. The van der Waals surface area contributed by atoms with Gasteiger partial charge in [0.25, 0.3) is 5.91 Å². The van der Waals surface area contributed by atoms with Crippen molar-refractivity contribution in [1.29, 1.82) is 5.26 Å². The van der Waals surface area contributed by atoms with Crippen LogP contribution < -0.4 is 15.4 Å². The van der Waals surface area contributed by atoms with Crippen LogP contribution in [-0.4, -0.2) is 38.4 Å². The van der Waals surface area contributed by atoms with Gasteiger partial charge in [-0.05, 0) is 54.4 Å². The fraction of sp³-hybridized carbons (Fsp3) is 0.107. The highest BCUT2D eigenvalue weighted by atomic mass is 35.5. The molecule has 3 heterocycles. The van der Waals surface area contributed by atoms with E-state index in [4.69, 9.17) is 33.2 Å². The van der Waals surface area contributed by atoms with Crippen molar-refractivity contribution >= 4 is 46.3 Å². The lowest BCUT2D eigenvalue weighted by molar-refractivity contribution is 0.0954. The summed E-state index contributed by atoms with van der Waals surface area (Å²) in [6, 6.07) is 13.6. The van der Waals surface area contributed by atoms with E-state index in [2.05, 4.69) is 25.6 Å². The van der Waals surface area contributed by atoms with E-state index in [0.717, 1.165) is 5.56 Å². The number of anilines is 2. The van der Waals surface area contributed by atoms with Crippen molar-refractivity contribution in [1.82, 2.24) is 24.7 Å². The van der Waals surface area contributed by atoms with Gasteiger partial charge in [-0.1, -0.05) is 23.2 Å². The van der Waals surface area contributed by atoms with Crippen LogP contribution >= 0.6 is 23.2 Å². The molecule has 2 aromatic carbocycles. The van der Waals surface area contributed by atoms with E-state index in [-0.39, 0.29) is 33.9 Å². The Morgan fingerprint density at radius 1 is 1.10 bits per heavy atom. The number of rotatable bonds is 9. The van der Waals surface area contributed by atoms with E-state index in [0.29, 0.717) is 41.4 Å². The van der Waals surface area contributed by atoms with E-state index in [1.165, 1.54) is 24.5 Å². The first-order valence-corrected chi connectivity index (χ1v) is 12.8. The van der Waals surface area contributed by atoms with Gasteiger partial charge in [-0.3, -0.25) is 14.2 Å². The van der Waals surface area contributed by atoms with Crippen molar-refractivity contribution in [2.75, 3.05) is 18.5 Å². The third-order valence-electron chi connectivity index (χ3n) is 5.97. The summed E-state index contributed by atoms with van der Waals surface area (Å²) < 4.78 is 22.0. The number of ether oxygens (including phenoxy) is 1. The maximum atomic E-state index is 15.1. The van der Waals surface area contributed by atoms with Crippen molar-refractivity contribution in [3.63, 3.8) is 0 Å². The number of fused-ring (bicyclic) bond motifs is 1. The van der Waals surface area contributed by atoms with E-state index in [1.54, 1.807) is 41.2 Å². The molecule has 0 atom stereocenters. The normalized spacial score (nSPS) is 10.8. The highest BCUT2D eigenvalue weighted by molar-refractivity contribution is 6.34. The Balaban J connectivity index is 1.33. The highest BCUT2D eigenvalue weighted by Gasteiger charge is 2.19. The fourth-order valence-electron chi connectivity index (χ4n) is 4.04. The van der Waals surface area contributed by atoms with Gasteiger partial charge >= 0.3 is 0 Å². The first-order valence-electron chi connectivity index (χ1n) is 12.0. The van der Waals surface area contributed by atoms with Crippen molar-refractivity contribution in [3.05, 3.63) is 100 Å². The predicted molar refractivity (Wildman–Crippen MR) is 150 cm³/mol. The van der Waals surface area contributed by atoms with Crippen molar-refractivity contribution < 1.29 is 13.9 Å². The Kier molecular flexibility index (Phi) is 8.05. The molecule has 3 aromatic heterocycles. The largest absolute Gasteiger partial charge is 0.477 e. The minimum atomic E-state index is -0.702. The van der Waals surface area contributed by atoms with Gasteiger partial charge in [0.05, 0.1) is 22.5 Å². The van der Waals surface area contributed by atoms with Crippen LogP contribution in [0.4, 0.5) is 15.9 Å². The molecule has 12 heteroatoms. The summed E-state index contributed by atoms with van der Waals surface area (Å²) >= 11 is 12.6. The number of halogens is 3. The quantitative estimate of drug-likeness (QED) is 0.226. The second-order valence-corrected chi connectivity index (χ2v) is 9.27. The number of imidazole rings is 1. The van der Waals surface area contributed by atoms with Crippen LogP contribution in [0.25, 0.3) is 16.9 Å². The van der Waals surface area contributed by atoms with E-state index < -0.39 is 5.82 Å². The summed E-state index contributed by atoms with van der Waals surface area (Å²) in [5.41, 5.74) is 3.04. The Morgan fingerprint density at radius 2 is 1.93 bits per heavy atom. The molecule has 0 saturated carbocycles. The molecule has 5 aromatic rings. The fourth-order valence-corrected chi connectivity index (χ4v) is 4.52. The molecule has 0 bridgehead atoms. The molecule has 0 unspecified atom stereocenters. The van der Waals surface area contributed by atoms with Crippen molar-refractivity contribution in [2.24, 2.45) is 0 Å². The molecule has 0 spiro atoms. The molecule has 40 heavy (non-hydrogen) atoms. The maximum absolute atomic E-state index is 15.1. The first-order chi connectivity index (χ1) is 19.5. The summed E-state index contributed by atoms with van der Waals surface area (Å²) in [5, 5.41) is 14.8. The molecular formula is C28H20Cl2FN7O2. The molecule has 5 rings (SSSR count). The molecule has 0 aliphatic carbocycles. The first kappa shape index (κ1) is 26.9. The summed E-state index contributed by atoms with van der Waals surface area (Å²) in [7, 11) is 0. The second kappa shape index (κ2) is 12.0. The number of aromatic nitrogens is 4. The van der Waals surface area contributed by atoms with E-state index in [1.807, 2.05) is 18.2 Å². The van der Waals surface area contributed by atoms with Crippen LogP contribution in [0.15, 0.2) is 73.4 Å². The number of nitrogens with zero attached hydrogens (tertiary/aromatic N) is 5. The summed E-state index contributed by atoms with van der Waals surface area (Å²) in [6.07, 6.45) is 8.76. The molecular weight excluding hydrogens is 556 g/mol. The van der Waals surface area contributed by atoms with Gasteiger partial charge in [0, 0.05) is 42.6 Å². The number of hydrogen-bond acceptors (Lipinski definition) is 7. The zero-order chi connectivity index (χ0) is 28.1. The van der Waals surface area contributed by atoms with Crippen LogP contribution in [0, 0.1) is 17.1 Å². The topological polar surface area (TPSA) is 117 Å². The Morgan fingerprint density at radius 3 is 2.70 bits per heavy atom. The number of nitrogens with one attached hydrogen (secondary N) is 2. The third-order valence-corrected chi connectivity index (χ3v) is 6.63. The smallest absolute Gasteiger partial charge is 0.252 e. The Labute approximate surface area is 238 Å². The van der Waals surface area contributed by atoms with Gasteiger partial charge in [-0.25, -0.2) is 14.4 Å². The molecule has 0 aliphatic rings. The lowest BCUT2D eigenvalue weighted by Gasteiger charge is -2.11. The highest BCUT2D eigenvalue weighted by Crippen LogP contribution is 2.35. The zero-order valence-electron chi connectivity index (χ0n) is 20.7. The average Bonchev–Trinajstić information content (AvgIpc) is 3.39. The molecule has 0 aliphatic heterocycles. The van der Waals surface area contributed by atoms with Crippen LogP contribution in [0.5, 0.6) is 5.75 Å². The molecule has 2 N–H and O–H groups in total. The molecule has 0 radical (unpaired) electrons. The molecule has 0 fully saturated rings. The van der Waals surface area contributed by atoms with Crippen LogP contribution in [0.2, 0.25) is 10.0 Å². The zero-order valence-corrected chi connectivity index (χ0v) is 22.2. The standard InChI is InChI=1S/C28H20Cl2FN7O2/c29-21-15-18(1-2-19(21)28(39)35-11-7-17-5-9-33-10-6-17)37-26-27-36-16-22(38(27)13-12-34-26)20-3-4-23(40-14-8-32)24(30)25(20)31/h1-6,9-10,12-13,15-16H,7,11,14H2,(H,34,37)(H,35,39). The number of benzene rings is 2. The van der Waals surface area contributed by atoms with E-state index in [9.17, 15) is 4.79 Å². The van der Waals surface area contributed by atoms with Gasteiger partial charge in [-0.2, -0.15) is 5.26 Å². The maximum Gasteiger partial charge on any atom is 0.252 e. The number of pyridine rings is 1. The Hall–Kier alpha value is -4.72. The van der Waals surface area contributed by atoms with Gasteiger partial charge in [0.15, 0.2) is 23.9 Å². The third kappa shape index (κ3) is 5.66. The van der Waals surface area contributed by atoms with Gasteiger partial charge in [0.2, 0.25) is 0 Å². The van der Waals surface area contributed by atoms with Gasteiger partial charge in [-0.15, -0.1) is 0 Å². The number of nitriles is 1. The molecule has 0 saturated heterocycles. The number of carbonyl (C=O) groups is 1. The Bertz CT molecular complexity index is 1740. The molecule has 1 amide bonds. The van der Waals surface area contributed by atoms with Gasteiger partial charge in [0.1, 0.15) is 16.8 Å². The SMILES string of the molecule is N#CCOc1ccc(-c2cnc3c(Nc4ccc(C(=O)NCCc5ccncc5)c(Cl)c4)nccn23)c(F)c1Cl. The number of hydrogen-bond donors (Lipinski definition) is 2. The number of amides is 1. The van der Waals surface area contributed by atoms with Gasteiger partial charge < -0.3 is 15.4 Å². The second-order valence-electron chi connectivity index (χ2n) is 8.48. The number of carbonyl (C=O) groups excluding carboxylic acids is 1. The molecule has 200 valence electrons. The van der Waals surface area contributed by atoms with Crippen LogP contribution in [0.1, 0.15) is 15.9 Å². The summed E-state index contributed by atoms with van der Waals surface area (Å²) in [5.74, 6) is -0.523.